The third kappa shape index (κ3) is 4.95. The Labute approximate surface area is 125 Å². The summed E-state index contributed by atoms with van der Waals surface area (Å²) in [6.45, 7) is 3.94. The molecule has 4 heteroatoms. The fourth-order valence-electron chi connectivity index (χ4n) is 2.43. The van der Waals surface area contributed by atoms with Crippen LogP contribution in [0.4, 0.5) is 0 Å². The molecular formula is C17H19N3O. The van der Waals surface area contributed by atoms with E-state index in [1.54, 1.807) is 6.08 Å². The summed E-state index contributed by atoms with van der Waals surface area (Å²) in [5, 5.41) is 17.5. The minimum atomic E-state index is 0.0977. The van der Waals surface area contributed by atoms with E-state index in [1.807, 2.05) is 36.4 Å². The number of nitrogens with zero attached hydrogens (tertiary/aromatic N) is 3. The molecule has 0 radical (unpaired) electrons. The van der Waals surface area contributed by atoms with Crippen molar-refractivity contribution in [1.82, 2.24) is 4.90 Å². The zero-order valence-corrected chi connectivity index (χ0v) is 12.1. The minimum absolute atomic E-state index is 0.0977. The molecule has 0 N–H and O–H groups in total. The van der Waals surface area contributed by atoms with Crippen LogP contribution in [0.5, 0.6) is 5.75 Å². The highest BCUT2D eigenvalue weighted by molar-refractivity contribution is 5.62. The molecule has 0 unspecified atom stereocenters. The summed E-state index contributed by atoms with van der Waals surface area (Å²) in [6.07, 6.45) is 5.47. The molecule has 0 saturated carbocycles. The van der Waals surface area contributed by atoms with E-state index in [0.717, 1.165) is 17.9 Å². The summed E-state index contributed by atoms with van der Waals surface area (Å²) in [4.78, 5) is 2.43. The monoisotopic (exact) mass is 281 g/mol. The molecule has 1 saturated heterocycles. The number of likely N-dealkylation sites (tertiary alicyclic amines) is 1. The molecule has 1 aromatic rings. The summed E-state index contributed by atoms with van der Waals surface area (Å²) in [5.74, 6) is 0.774. The van der Waals surface area contributed by atoms with Gasteiger partial charge < -0.3 is 4.74 Å². The van der Waals surface area contributed by atoms with Crippen LogP contribution < -0.4 is 4.74 Å². The van der Waals surface area contributed by atoms with Gasteiger partial charge in [-0.2, -0.15) is 10.5 Å². The first kappa shape index (κ1) is 15.1. The van der Waals surface area contributed by atoms with Gasteiger partial charge in [0.05, 0.1) is 0 Å². The van der Waals surface area contributed by atoms with Gasteiger partial charge in [-0.05, 0) is 49.7 Å². The molecule has 21 heavy (non-hydrogen) atoms. The molecule has 1 aromatic carbocycles. The predicted molar refractivity (Wildman–Crippen MR) is 81.4 cm³/mol. The van der Waals surface area contributed by atoms with Crippen molar-refractivity contribution in [2.75, 3.05) is 26.2 Å². The van der Waals surface area contributed by atoms with Gasteiger partial charge in [0.15, 0.2) is 0 Å². The van der Waals surface area contributed by atoms with Gasteiger partial charge in [-0.15, -0.1) is 0 Å². The van der Waals surface area contributed by atoms with Crippen molar-refractivity contribution >= 4 is 6.08 Å². The van der Waals surface area contributed by atoms with E-state index in [9.17, 15) is 0 Å². The van der Waals surface area contributed by atoms with Crippen molar-refractivity contribution in [2.24, 2.45) is 0 Å². The maximum absolute atomic E-state index is 8.76. The average molecular weight is 281 g/mol. The summed E-state index contributed by atoms with van der Waals surface area (Å²) < 4.78 is 5.76. The lowest BCUT2D eigenvalue weighted by atomic mass is 10.1. The lowest BCUT2D eigenvalue weighted by Gasteiger charge is -2.26. The Morgan fingerprint density at radius 1 is 1.19 bits per heavy atom. The second kappa shape index (κ2) is 8.09. The third-order valence-corrected chi connectivity index (χ3v) is 3.53. The Balaban J connectivity index is 1.88. The van der Waals surface area contributed by atoms with Crippen LogP contribution >= 0.6 is 0 Å². The number of piperidine rings is 1. The minimum Gasteiger partial charge on any atom is -0.492 e. The normalized spacial score (nSPS) is 14.8. The van der Waals surface area contributed by atoms with Crippen molar-refractivity contribution in [3.05, 3.63) is 35.4 Å². The number of benzene rings is 1. The van der Waals surface area contributed by atoms with E-state index < -0.39 is 0 Å². The number of allylic oxidation sites excluding steroid dienone is 1. The molecule has 0 aromatic heterocycles. The Kier molecular flexibility index (Phi) is 5.82. The van der Waals surface area contributed by atoms with Gasteiger partial charge in [-0.3, -0.25) is 4.90 Å². The maximum atomic E-state index is 8.76. The van der Waals surface area contributed by atoms with Crippen LogP contribution in [0.25, 0.3) is 6.08 Å². The van der Waals surface area contributed by atoms with Crippen LogP contribution in [0.2, 0.25) is 0 Å². The molecule has 1 aliphatic heterocycles. The van der Waals surface area contributed by atoms with Crippen LogP contribution in [0.3, 0.4) is 0 Å². The second-order valence-electron chi connectivity index (χ2n) is 5.10. The van der Waals surface area contributed by atoms with Gasteiger partial charge >= 0.3 is 0 Å². The standard InChI is InChI=1S/C17H19N3O/c18-13-16(14-19)11-15-5-4-6-17(12-15)21-10-9-20-7-2-1-3-8-20/h4-6,11-12H,1-3,7-10H2. The van der Waals surface area contributed by atoms with E-state index in [2.05, 4.69) is 4.90 Å². The summed E-state index contributed by atoms with van der Waals surface area (Å²) >= 11 is 0. The molecule has 0 aliphatic carbocycles. The molecule has 0 spiro atoms. The fraction of sp³-hybridized carbons (Fsp3) is 0.412. The van der Waals surface area contributed by atoms with Crippen LogP contribution in [0, 0.1) is 22.7 Å². The van der Waals surface area contributed by atoms with Gasteiger partial charge in [0.25, 0.3) is 0 Å². The molecule has 0 atom stereocenters. The van der Waals surface area contributed by atoms with E-state index in [1.165, 1.54) is 32.4 Å². The number of ether oxygens (including phenoxy) is 1. The summed E-state index contributed by atoms with van der Waals surface area (Å²) in [5.41, 5.74) is 0.907. The SMILES string of the molecule is N#CC(C#N)=Cc1cccc(OCCN2CCCCC2)c1. The van der Waals surface area contributed by atoms with E-state index in [4.69, 9.17) is 15.3 Å². The maximum Gasteiger partial charge on any atom is 0.130 e. The van der Waals surface area contributed by atoms with Gasteiger partial charge in [-0.25, -0.2) is 0 Å². The van der Waals surface area contributed by atoms with Crippen LogP contribution in [-0.4, -0.2) is 31.1 Å². The van der Waals surface area contributed by atoms with E-state index >= 15 is 0 Å². The number of hydrogen-bond acceptors (Lipinski definition) is 4. The Morgan fingerprint density at radius 3 is 2.67 bits per heavy atom. The number of rotatable bonds is 5. The topological polar surface area (TPSA) is 60.1 Å². The Bertz CT molecular complexity index is 558. The van der Waals surface area contributed by atoms with Gasteiger partial charge in [-0.1, -0.05) is 18.6 Å². The largest absolute Gasteiger partial charge is 0.492 e. The molecule has 1 heterocycles. The van der Waals surface area contributed by atoms with Gasteiger partial charge in [0.2, 0.25) is 0 Å². The molecule has 108 valence electrons. The molecule has 1 aliphatic rings. The van der Waals surface area contributed by atoms with Gasteiger partial charge in [0.1, 0.15) is 30.1 Å². The van der Waals surface area contributed by atoms with Crippen molar-refractivity contribution < 1.29 is 4.74 Å². The van der Waals surface area contributed by atoms with Crippen molar-refractivity contribution in [2.45, 2.75) is 19.3 Å². The molecule has 0 amide bonds. The van der Waals surface area contributed by atoms with Crippen molar-refractivity contribution in [3.63, 3.8) is 0 Å². The first-order valence-electron chi connectivity index (χ1n) is 7.29. The Hall–Kier alpha value is -2.30. The lowest BCUT2D eigenvalue weighted by Crippen LogP contribution is -2.33. The third-order valence-electron chi connectivity index (χ3n) is 3.53. The lowest BCUT2D eigenvalue weighted by molar-refractivity contribution is 0.183. The molecular weight excluding hydrogens is 262 g/mol. The van der Waals surface area contributed by atoms with E-state index in [-0.39, 0.29) is 5.57 Å². The average Bonchev–Trinajstić information content (AvgIpc) is 2.54. The van der Waals surface area contributed by atoms with Crippen LogP contribution in [0.1, 0.15) is 24.8 Å². The van der Waals surface area contributed by atoms with Gasteiger partial charge in [0, 0.05) is 6.54 Å². The zero-order valence-electron chi connectivity index (χ0n) is 12.1. The zero-order chi connectivity index (χ0) is 14.9. The first-order chi connectivity index (χ1) is 10.3. The van der Waals surface area contributed by atoms with Crippen molar-refractivity contribution in [3.8, 4) is 17.9 Å². The van der Waals surface area contributed by atoms with Crippen LogP contribution in [-0.2, 0) is 0 Å². The quantitative estimate of drug-likeness (QED) is 0.778. The predicted octanol–water partition coefficient (Wildman–Crippen LogP) is 2.98. The molecule has 2 rings (SSSR count). The van der Waals surface area contributed by atoms with Crippen LogP contribution in [0.15, 0.2) is 29.8 Å². The number of hydrogen-bond donors (Lipinski definition) is 0. The smallest absolute Gasteiger partial charge is 0.130 e. The second-order valence-corrected chi connectivity index (χ2v) is 5.10. The molecule has 1 fully saturated rings. The molecule has 4 nitrogen and oxygen atoms in total. The first-order valence-corrected chi connectivity index (χ1v) is 7.29. The fourth-order valence-corrected chi connectivity index (χ4v) is 2.43. The van der Waals surface area contributed by atoms with Crippen molar-refractivity contribution in [1.29, 1.82) is 10.5 Å². The van der Waals surface area contributed by atoms with E-state index in [0.29, 0.717) is 6.61 Å². The summed E-state index contributed by atoms with van der Waals surface area (Å²) in [7, 11) is 0. The number of nitriles is 2. The highest BCUT2D eigenvalue weighted by atomic mass is 16.5. The highest BCUT2D eigenvalue weighted by Crippen LogP contribution is 2.16. The summed E-state index contributed by atoms with van der Waals surface area (Å²) in [6, 6.07) is 11.2. The molecule has 0 bridgehead atoms. The highest BCUT2D eigenvalue weighted by Gasteiger charge is 2.09. The Morgan fingerprint density at radius 2 is 1.95 bits per heavy atom.